The molecule has 7 N–H and O–H groups in total. The van der Waals surface area contributed by atoms with E-state index in [0.29, 0.717) is 18.7 Å². The van der Waals surface area contributed by atoms with E-state index in [4.69, 9.17) is 33.0 Å². The second-order valence-electron chi connectivity index (χ2n) is 10.0. The smallest absolute Gasteiger partial charge is 0.347 e. The summed E-state index contributed by atoms with van der Waals surface area (Å²) in [5.74, 6) is -4.37. The third-order valence-corrected chi connectivity index (χ3v) is 9.47. The van der Waals surface area contributed by atoms with Crippen LogP contribution in [0, 0.1) is 0 Å². The van der Waals surface area contributed by atoms with Gasteiger partial charge in [0.05, 0.1) is 11.7 Å². The number of β-lactam (4-membered cyclic amide) rings is 1. The van der Waals surface area contributed by atoms with Crippen LogP contribution in [0.15, 0.2) is 47.0 Å². The van der Waals surface area contributed by atoms with E-state index in [1.807, 2.05) is 27.5 Å². The van der Waals surface area contributed by atoms with Gasteiger partial charge in [0, 0.05) is 42.7 Å². The number of nitrogen functional groups attached to an aromatic ring is 1. The lowest BCUT2D eigenvalue weighted by molar-refractivity contribution is -0.663. The molecule has 2 aliphatic heterocycles. The van der Waals surface area contributed by atoms with Gasteiger partial charge in [0.15, 0.2) is 23.6 Å². The van der Waals surface area contributed by atoms with Crippen LogP contribution < -0.4 is 31.8 Å². The molecule has 5 rings (SSSR count). The standard InChI is InChI=1S/C26H26ClN9O8S2/c1-11(23(39)40)44-33-16(15-19(27)46-26(29)32-15)20(37)31-17-21(38)36-18(24(41)42)12(10-45-22(17)36)9-35-6-2-3-13-14(35)4-7-34(13)8-5-30-25(28)43/h2-4,6-7,11,17,22H,5,8-10H2,1H3,(H7-,28,29,30,31,32,37,39,40,41,42,43)/b33-16-/t11-,17+,22+/m0/s1. The molecule has 17 nitrogen and oxygen atoms in total. The number of anilines is 1. The van der Waals surface area contributed by atoms with Crippen LogP contribution in [0.1, 0.15) is 12.6 Å². The Morgan fingerprint density at radius 1 is 1.35 bits per heavy atom. The number of carboxylic acids is 2. The molecule has 2 aliphatic rings. The highest BCUT2D eigenvalue weighted by Gasteiger charge is 2.53. The van der Waals surface area contributed by atoms with Gasteiger partial charge in [-0.2, -0.15) is 4.57 Å². The number of hydrogen-bond donors (Lipinski definition) is 5. The van der Waals surface area contributed by atoms with Crippen LogP contribution >= 0.6 is 34.7 Å². The van der Waals surface area contributed by atoms with E-state index in [-0.39, 0.29) is 33.2 Å². The van der Waals surface area contributed by atoms with Gasteiger partial charge in [0.25, 0.3) is 11.8 Å². The van der Waals surface area contributed by atoms with Crippen molar-refractivity contribution in [3.63, 3.8) is 0 Å². The zero-order valence-corrected chi connectivity index (χ0v) is 26.2. The Morgan fingerprint density at radius 3 is 2.76 bits per heavy atom. The fraction of sp³-hybridized carbons (Fsp3) is 0.308. The number of thiazole rings is 1. The lowest BCUT2D eigenvalue weighted by atomic mass is 10.0. The molecule has 242 valence electrons. The summed E-state index contributed by atoms with van der Waals surface area (Å²) in [5, 5.41) is 29.4. The van der Waals surface area contributed by atoms with E-state index < -0.39 is 53.0 Å². The van der Waals surface area contributed by atoms with Gasteiger partial charge in [0.2, 0.25) is 11.6 Å². The molecule has 46 heavy (non-hydrogen) atoms. The number of carboxylic acid groups (broad SMARTS) is 2. The van der Waals surface area contributed by atoms with Gasteiger partial charge < -0.3 is 46.5 Å². The summed E-state index contributed by atoms with van der Waals surface area (Å²) in [6.45, 7) is 2.08. The average molecular weight is 692 g/mol. The summed E-state index contributed by atoms with van der Waals surface area (Å²) in [6.07, 6.45) is 2.17. The van der Waals surface area contributed by atoms with Crippen LogP contribution in [-0.2, 0) is 37.1 Å². The Hall–Kier alpha value is -4.88. The number of halogens is 1. The topological polar surface area (TPSA) is 251 Å². The Bertz CT molecular complexity index is 1820. The van der Waals surface area contributed by atoms with Gasteiger partial charge in [-0.3, -0.25) is 14.5 Å². The quantitative estimate of drug-likeness (QED) is 0.0638. The first-order valence-corrected chi connectivity index (χ1v) is 15.7. The molecule has 0 bridgehead atoms. The molecule has 1 saturated heterocycles. The number of aliphatic carboxylic acids is 2. The first kappa shape index (κ1) is 32.5. The Morgan fingerprint density at radius 2 is 2.11 bits per heavy atom. The van der Waals surface area contributed by atoms with E-state index in [9.17, 15) is 29.1 Å². The predicted octanol–water partition coefficient (Wildman–Crippen LogP) is -1.41. The number of fused-ring (bicyclic) bond motifs is 2. The summed E-state index contributed by atoms with van der Waals surface area (Å²) in [5.41, 5.74) is 11.9. The minimum Gasteiger partial charge on any atom is -0.543 e. The molecular weight excluding hydrogens is 666 g/mol. The number of carbonyl (C=O) groups is 5. The van der Waals surface area contributed by atoms with E-state index in [1.165, 1.54) is 18.7 Å². The molecule has 3 aromatic heterocycles. The van der Waals surface area contributed by atoms with Crippen LogP contribution in [0.25, 0.3) is 11.0 Å². The number of urea groups is 1. The molecular formula is C26H26ClN9O8S2. The third-order valence-electron chi connectivity index (χ3n) is 7.05. The lowest BCUT2D eigenvalue weighted by Gasteiger charge is -2.50. The van der Waals surface area contributed by atoms with Crippen molar-refractivity contribution in [2.45, 2.75) is 37.5 Å². The summed E-state index contributed by atoms with van der Waals surface area (Å²) < 4.78 is 3.72. The van der Waals surface area contributed by atoms with Crippen molar-refractivity contribution in [3.8, 4) is 0 Å². The van der Waals surface area contributed by atoms with Crippen molar-refractivity contribution in [1.82, 2.24) is 25.1 Å². The van der Waals surface area contributed by atoms with E-state index >= 15 is 0 Å². The van der Waals surface area contributed by atoms with Crippen molar-refractivity contribution in [2.75, 3.05) is 18.0 Å². The second-order valence-corrected chi connectivity index (χ2v) is 12.7. The Balaban J connectivity index is 1.36. The van der Waals surface area contributed by atoms with Crippen molar-refractivity contribution < 1.29 is 43.6 Å². The molecule has 1 fully saturated rings. The molecule has 4 amide bonds. The fourth-order valence-corrected chi connectivity index (χ4v) is 7.15. The molecule has 0 unspecified atom stereocenters. The van der Waals surface area contributed by atoms with Gasteiger partial charge in [-0.05, 0) is 13.0 Å². The highest BCUT2D eigenvalue weighted by atomic mass is 35.5. The summed E-state index contributed by atoms with van der Waals surface area (Å²) in [7, 11) is 0. The molecule has 3 aromatic rings. The maximum absolute atomic E-state index is 13.3. The van der Waals surface area contributed by atoms with Crippen molar-refractivity contribution in [2.24, 2.45) is 10.9 Å². The molecule has 0 radical (unpaired) electrons. The molecule has 5 heterocycles. The van der Waals surface area contributed by atoms with Gasteiger partial charge in [0.1, 0.15) is 27.0 Å². The molecule has 0 aromatic carbocycles. The SMILES string of the molecule is C[C@H](O/N=C(\C(=O)N[C@@H]1C(=O)N2C(C(=O)[O-])=C(C[n+]3cccc4c3ccn4CCNC(N)=O)CS[C@H]12)c1nc(N)sc1Cl)C(=O)O. The number of aromatic nitrogens is 3. The summed E-state index contributed by atoms with van der Waals surface area (Å²) in [4.78, 5) is 71.1. The first-order valence-electron chi connectivity index (χ1n) is 13.5. The lowest BCUT2D eigenvalue weighted by Crippen LogP contribution is -2.71. The van der Waals surface area contributed by atoms with Crippen LogP contribution in [-0.4, -0.2) is 84.9 Å². The van der Waals surface area contributed by atoms with Crippen LogP contribution in [0.4, 0.5) is 9.93 Å². The number of nitrogens with two attached hydrogens (primary N) is 2. The number of nitrogens with one attached hydrogen (secondary N) is 2. The first-order chi connectivity index (χ1) is 21.9. The number of amides is 4. The molecule has 0 spiro atoms. The number of primary amides is 1. The number of pyridine rings is 1. The molecule has 0 aliphatic carbocycles. The maximum atomic E-state index is 13.3. The monoisotopic (exact) mass is 691 g/mol. The van der Waals surface area contributed by atoms with Crippen LogP contribution in [0.5, 0.6) is 0 Å². The van der Waals surface area contributed by atoms with Gasteiger partial charge in [-0.25, -0.2) is 14.6 Å². The van der Waals surface area contributed by atoms with E-state index in [1.54, 1.807) is 12.3 Å². The average Bonchev–Trinajstić information content (AvgIpc) is 3.57. The van der Waals surface area contributed by atoms with Crippen molar-refractivity contribution >= 4 is 86.4 Å². The van der Waals surface area contributed by atoms with Crippen LogP contribution in [0.3, 0.4) is 0 Å². The molecule has 3 atom stereocenters. The normalized spacial score (nSPS) is 18.5. The zero-order valence-electron chi connectivity index (χ0n) is 23.8. The number of hydrogen-bond acceptors (Lipinski definition) is 12. The number of rotatable bonds is 12. The Labute approximate surface area is 272 Å². The molecule has 20 heteroatoms. The zero-order chi connectivity index (χ0) is 33.3. The van der Waals surface area contributed by atoms with Crippen molar-refractivity contribution in [1.29, 1.82) is 0 Å². The largest absolute Gasteiger partial charge is 0.543 e. The van der Waals surface area contributed by atoms with E-state index in [2.05, 4.69) is 20.8 Å². The Kier molecular flexibility index (Phi) is 9.35. The van der Waals surface area contributed by atoms with Crippen LogP contribution in [0.2, 0.25) is 4.34 Å². The number of thioether (sulfide) groups is 1. The number of oxime groups is 1. The number of carbonyl (C=O) groups excluding carboxylic acids is 4. The van der Waals surface area contributed by atoms with E-state index in [0.717, 1.165) is 27.3 Å². The van der Waals surface area contributed by atoms with Gasteiger partial charge in [-0.15, -0.1) is 11.8 Å². The molecule has 0 saturated carbocycles. The maximum Gasteiger partial charge on any atom is 0.347 e. The van der Waals surface area contributed by atoms with Crippen molar-refractivity contribution in [3.05, 3.63) is 51.9 Å². The summed E-state index contributed by atoms with van der Waals surface area (Å²) in [6, 6.07) is 3.72. The highest BCUT2D eigenvalue weighted by Crippen LogP contribution is 2.40. The number of nitrogens with zero attached hydrogens (tertiary/aromatic N) is 5. The van der Waals surface area contributed by atoms with Gasteiger partial charge in [-0.1, -0.05) is 28.1 Å². The second kappa shape index (κ2) is 13.2. The third kappa shape index (κ3) is 6.42. The minimum absolute atomic E-state index is 0.00185. The fourth-order valence-electron chi connectivity index (χ4n) is 4.89. The van der Waals surface area contributed by atoms with Gasteiger partial charge >= 0.3 is 12.0 Å². The highest BCUT2D eigenvalue weighted by molar-refractivity contribution is 8.00. The summed E-state index contributed by atoms with van der Waals surface area (Å²) >= 11 is 8.24. The predicted molar refractivity (Wildman–Crippen MR) is 163 cm³/mol. The minimum atomic E-state index is -1.55.